The summed E-state index contributed by atoms with van der Waals surface area (Å²) < 4.78 is 12.9. The summed E-state index contributed by atoms with van der Waals surface area (Å²) in [7, 11) is 0. The van der Waals surface area contributed by atoms with Crippen LogP contribution in [0.15, 0.2) is 42.5 Å². The highest BCUT2D eigenvalue weighted by molar-refractivity contribution is 5.87. The first-order chi connectivity index (χ1) is 9.06. The van der Waals surface area contributed by atoms with E-state index >= 15 is 0 Å². The molecular weight excluding hydrogens is 245 g/mol. The molecule has 98 valence electrons. The topological polar surface area (TPSA) is 49.3 Å². The summed E-state index contributed by atoms with van der Waals surface area (Å²) in [6.45, 7) is 2.39. The summed E-state index contributed by atoms with van der Waals surface area (Å²) in [6.07, 6.45) is 0. The number of halogens is 1. The van der Waals surface area contributed by atoms with E-state index in [1.165, 1.54) is 12.1 Å². The Morgan fingerprint density at radius 1 is 1.21 bits per heavy atom. The van der Waals surface area contributed by atoms with E-state index in [2.05, 4.69) is 5.32 Å². The first kappa shape index (κ1) is 13.1. The third-order valence-corrected chi connectivity index (χ3v) is 2.87. The number of hydrogen-bond acceptors (Lipinski definition) is 2. The maximum absolute atomic E-state index is 12.9. The Labute approximate surface area is 110 Å². The Morgan fingerprint density at radius 2 is 1.89 bits per heavy atom. The summed E-state index contributed by atoms with van der Waals surface area (Å²) in [5.41, 5.74) is 2.93. The lowest BCUT2D eigenvalue weighted by atomic mass is 10.1. The van der Waals surface area contributed by atoms with E-state index in [1.54, 1.807) is 30.3 Å². The van der Waals surface area contributed by atoms with E-state index in [0.29, 0.717) is 6.54 Å². The van der Waals surface area contributed by atoms with Crippen LogP contribution in [0, 0.1) is 12.7 Å². The zero-order valence-electron chi connectivity index (χ0n) is 10.5. The average molecular weight is 259 g/mol. The van der Waals surface area contributed by atoms with Crippen molar-refractivity contribution in [1.29, 1.82) is 0 Å². The van der Waals surface area contributed by atoms with Gasteiger partial charge in [-0.3, -0.25) is 0 Å². The SMILES string of the molecule is Cc1cc(F)ccc1NCc1ccc(C(=O)O)cc1. The second-order valence-corrected chi connectivity index (χ2v) is 4.31. The molecule has 2 aromatic rings. The van der Waals surface area contributed by atoms with Crippen LogP contribution in [-0.2, 0) is 6.54 Å². The Morgan fingerprint density at radius 3 is 2.47 bits per heavy atom. The van der Waals surface area contributed by atoms with Gasteiger partial charge in [0.25, 0.3) is 0 Å². The van der Waals surface area contributed by atoms with Crippen LogP contribution in [-0.4, -0.2) is 11.1 Å². The van der Waals surface area contributed by atoms with Crippen molar-refractivity contribution >= 4 is 11.7 Å². The standard InChI is InChI=1S/C15H14FNO2/c1-10-8-13(16)6-7-14(10)17-9-11-2-4-12(5-3-11)15(18)19/h2-8,17H,9H2,1H3,(H,18,19). The lowest BCUT2D eigenvalue weighted by Gasteiger charge is -2.09. The highest BCUT2D eigenvalue weighted by atomic mass is 19.1. The molecule has 0 aliphatic carbocycles. The zero-order valence-corrected chi connectivity index (χ0v) is 10.5. The molecule has 0 aromatic heterocycles. The van der Waals surface area contributed by atoms with E-state index in [-0.39, 0.29) is 11.4 Å². The van der Waals surface area contributed by atoms with Gasteiger partial charge in [0, 0.05) is 12.2 Å². The number of anilines is 1. The maximum atomic E-state index is 12.9. The number of aryl methyl sites for hydroxylation is 1. The molecule has 19 heavy (non-hydrogen) atoms. The first-order valence-electron chi connectivity index (χ1n) is 5.88. The van der Waals surface area contributed by atoms with Gasteiger partial charge in [-0.1, -0.05) is 12.1 Å². The van der Waals surface area contributed by atoms with Crippen molar-refractivity contribution < 1.29 is 14.3 Å². The second-order valence-electron chi connectivity index (χ2n) is 4.31. The lowest BCUT2D eigenvalue weighted by molar-refractivity contribution is 0.0697. The number of carboxylic acids is 1. The molecule has 0 saturated carbocycles. The van der Waals surface area contributed by atoms with Crippen LogP contribution in [0.3, 0.4) is 0 Å². The molecular formula is C15H14FNO2. The summed E-state index contributed by atoms with van der Waals surface area (Å²) in [5.74, 6) is -1.19. The smallest absolute Gasteiger partial charge is 0.335 e. The summed E-state index contributed by atoms with van der Waals surface area (Å²) >= 11 is 0. The molecule has 0 saturated heterocycles. The van der Waals surface area contributed by atoms with E-state index < -0.39 is 5.97 Å². The molecule has 2 N–H and O–H groups in total. The van der Waals surface area contributed by atoms with Crippen molar-refractivity contribution in [2.75, 3.05) is 5.32 Å². The Balaban J connectivity index is 2.04. The number of rotatable bonds is 4. The minimum Gasteiger partial charge on any atom is -0.478 e. The molecule has 0 radical (unpaired) electrons. The summed E-state index contributed by atoms with van der Waals surface area (Å²) in [5, 5.41) is 12.0. The van der Waals surface area contributed by atoms with Gasteiger partial charge in [-0.05, 0) is 48.4 Å². The van der Waals surface area contributed by atoms with E-state index in [9.17, 15) is 9.18 Å². The number of carbonyl (C=O) groups is 1. The molecule has 3 nitrogen and oxygen atoms in total. The van der Waals surface area contributed by atoms with Gasteiger partial charge in [0.2, 0.25) is 0 Å². The number of benzene rings is 2. The van der Waals surface area contributed by atoms with Gasteiger partial charge in [-0.25, -0.2) is 9.18 Å². The fourth-order valence-electron chi connectivity index (χ4n) is 1.79. The van der Waals surface area contributed by atoms with Crippen LogP contribution in [0.25, 0.3) is 0 Å². The molecule has 0 fully saturated rings. The van der Waals surface area contributed by atoms with E-state index in [0.717, 1.165) is 16.8 Å². The zero-order chi connectivity index (χ0) is 13.8. The van der Waals surface area contributed by atoms with E-state index in [1.807, 2.05) is 6.92 Å². The highest BCUT2D eigenvalue weighted by Crippen LogP contribution is 2.16. The van der Waals surface area contributed by atoms with Crippen molar-refractivity contribution in [3.63, 3.8) is 0 Å². The average Bonchev–Trinajstić information content (AvgIpc) is 2.38. The van der Waals surface area contributed by atoms with Crippen LogP contribution in [0.5, 0.6) is 0 Å². The van der Waals surface area contributed by atoms with Crippen molar-refractivity contribution in [1.82, 2.24) is 0 Å². The van der Waals surface area contributed by atoms with Gasteiger partial charge in [0.05, 0.1) is 5.56 Å². The second kappa shape index (κ2) is 5.52. The minimum absolute atomic E-state index is 0.256. The normalized spacial score (nSPS) is 10.2. The van der Waals surface area contributed by atoms with Crippen molar-refractivity contribution in [2.45, 2.75) is 13.5 Å². The Hall–Kier alpha value is -2.36. The molecule has 0 heterocycles. The monoisotopic (exact) mass is 259 g/mol. The number of nitrogens with one attached hydrogen (secondary N) is 1. The number of carboxylic acid groups (broad SMARTS) is 1. The molecule has 0 atom stereocenters. The molecule has 0 bridgehead atoms. The lowest BCUT2D eigenvalue weighted by Crippen LogP contribution is -2.02. The van der Waals surface area contributed by atoms with Crippen molar-refractivity contribution in [3.8, 4) is 0 Å². The predicted molar refractivity (Wildman–Crippen MR) is 71.9 cm³/mol. The predicted octanol–water partition coefficient (Wildman–Crippen LogP) is 3.44. The third-order valence-electron chi connectivity index (χ3n) is 2.87. The van der Waals surface area contributed by atoms with Gasteiger partial charge in [0.15, 0.2) is 0 Å². The molecule has 0 aliphatic heterocycles. The van der Waals surface area contributed by atoms with E-state index in [4.69, 9.17) is 5.11 Å². The molecule has 0 unspecified atom stereocenters. The van der Waals surface area contributed by atoms with Gasteiger partial charge in [-0.15, -0.1) is 0 Å². The highest BCUT2D eigenvalue weighted by Gasteiger charge is 2.03. The molecule has 0 spiro atoms. The van der Waals surface area contributed by atoms with Crippen LogP contribution in [0.4, 0.5) is 10.1 Å². The fourth-order valence-corrected chi connectivity index (χ4v) is 1.79. The van der Waals surface area contributed by atoms with Gasteiger partial charge in [-0.2, -0.15) is 0 Å². The van der Waals surface area contributed by atoms with Gasteiger partial charge >= 0.3 is 5.97 Å². The largest absolute Gasteiger partial charge is 0.478 e. The van der Waals surface area contributed by atoms with Gasteiger partial charge < -0.3 is 10.4 Å². The maximum Gasteiger partial charge on any atom is 0.335 e. The molecule has 2 rings (SSSR count). The number of hydrogen-bond donors (Lipinski definition) is 2. The minimum atomic E-state index is -0.936. The Bertz CT molecular complexity index is 594. The van der Waals surface area contributed by atoms with Crippen molar-refractivity contribution in [3.05, 3.63) is 65.0 Å². The van der Waals surface area contributed by atoms with Crippen LogP contribution >= 0.6 is 0 Å². The summed E-state index contributed by atoms with van der Waals surface area (Å²) in [6, 6.07) is 11.2. The van der Waals surface area contributed by atoms with Crippen LogP contribution in [0.1, 0.15) is 21.5 Å². The van der Waals surface area contributed by atoms with Crippen LogP contribution < -0.4 is 5.32 Å². The fraction of sp³-hybridized carbons (Fsp3) is 0.133. The first-order valence-corrected chi connectivity index (χ1v) is 5.88. The molecule has 0 amide bonds. The van der Waals surface area contributed by atoms with Gasteiger partial charge in [0.1, 0.15) is 5.82 Å². The molecule has 0 aliphatic rings. The molecule has 2 aromatic carbocycles. The van der Waals surface area contributed by atoms with Crippen LogP contribution in [0.2, 0.25) is 0 Å². The third kappa shape index (κ3) is 3.31. The number of aromatic carboxylic acids is 1. The quantitative estimate of drug-likeness (QED) is 0.884. The van der Waals surface area contributed by atoms with Crippen molar-refractivity contribution in [2.24, 2.45) is 0 Å². The molecule has 4 heteroatoms. The Kier molecular flexibility index (Phi) is 3.80. The summed E-state index contributed by atoms with van der Waals surface area (Å²) in [4.78, 5) is 10.7.